The average Bonchev–Trinajstić information content (AvgIpc) is 3.52. The number of anilines is 1. The smallest absolute Gasteiger partial charge is 0.259 e. The summed E-state index contributed by atoms with van der Waals surface area (Å²) in [6.45, 7) is 3.04. The Kier molecular flexibility index (Phi) is 6.37. The van der Waals surface area contributed by atoms with Gasteiger partial charge in [-0.2, -0.15) is 9.61 Å². The Morgan fingerprint density at radius 3 is 2.61 bits per heavy atom. The SMILES string of the molecule is Bc1cnn2c(NC3CCN(C(=O)c4c(-c5ccccc5)noc4C)CC3)cc(-c3ccccc3Cl)nc12. The van der Waals surface area contributed by atoms with Crippen LogP contribution in [-0.2, 0) is 0 Å². The second-order valence-corrected chi connectivity index (χ2v) is 10.0. The fourth-order valence-electron chi connectivity index (χ4n) is 4.99. The topological polar surface area (TPSA) is 88.6 Å². The summed E-state index contributed by atoms with van der Waals surface area (Å²) in [6, 6.07) is 19.5. The number of aromatic nitrogens is 4. The Labute approximate surface area is 226 Å². The molecule has 1 aliphatic heterocycles. The lowest BCUT2D eigenvalue weighted by Gasteiger charge is -2.33. The molecule has 1 aliphatic rings. The first-order valence-corrected chi connectivity index (χ1v) is 13.0. The Morgan fingerprint density at radius 2 is 1.84 bits per heavy atom. The van der Waals surface area contributed by atoms with Gasteiger partial charge in [0, 0.05) is 47.5 Å². The van der Waals surface area contributed by atoms with Crippen molar-refractivity contribution in [1.82, 2.24) is 24.7 Å². The average molecular weight is 525 g/mol. The van der Waals surface area contributed by atoms with Crippen LogP contribution >= 0.6 is 11.6 Å². The number of nitrogens with zero attached hydrogens (tertiary/aromatic N) is 5. The highest BCUT2D eigenvalue weighted by molar-refractivity contribution is 6.36. The van der Waals surface area contributed by atoms with E-state index in [0.717, 1.165) is 46.6 Å². The van der Waals surface area contributed by atoms with E-state index in [0.29, 0.717) is 35.1 Å². The molecule has 1 amide bonds. The van der Waals surface area contributed by atoms with Crippen LogP contribution in [0.1, 0.15) is 29.0 Å². The van der Waals surface area contributed by atoms with Gasteiger partial charge >= 0.3 is 0 Å². The molecule has 4 heterocycles. The van der Waals surface area contributed by atoms with Crippen LogP contribution in [0.25, 0.3) is 28.2 Å². The quantitative estimate of drug-likeness (QED) is 0.350. The molecule has 0 aliphatic carbocycles. The molecule has 8 nitrogen and oxygen atoms in total. The zero-order chi connectivity index (χ0) is 26.2. The summed E-state index contributed by atoms with van der Waals surface area (Å²) in [6.07, 6.45) is 3.40. The van der Waals surface area contributed by atoms with Crippen molar-refractivity contribution in [3.8, 4) is 22.5 Å². The van der Waals surface area contributed by atoms with E-state index in [4.69, 9.17) is 21.1 Å². The van der Waals surface area contributed by atoms with Gasteiger partial charge in [0.25, 0.3) is 5.91 Å². The van der Waals surface area contributed by atoms with E-state index >= 15 is 0 Å². The maximum absolute atomic E-state index is 13.5. The van der Waals surface area contributed by atoms with Crippen molar-refractivity contribution in [2.45, 2.75) is 25.8 Å². The molecule has 1 fully saturated rings. The van der Waals surface area contributed by atoms with Gasteiger partial charge < -0.3 is 14.7 Å². The second kappa shape index (κ2) is 9.98. The van der Waals surface area contributed by atoms with Gasteiger partial charge in [-0.05, 0) is 31.3 Å². The second-order valence-electron chi connectivity index (χ2n) is 9.61. The number of piperidine rings is 1. The van der Waals surface area contributed by atoms with Crippen molar-refractivity contribution >= 4 is 42.3 Å². The maximum atomic E-state index is 13.5. The number of rotatable bonds is 5. The molecule has 0 spiro atoms. The predicted octanol–water partition coefficient (Wildman–Crippen LogP) is 3.99. The highest BCUT2D eigenvalue weighted by Gasteiger charge is 2.29. The molecule has 1 saturated heterocycles. The number of benzene rings is 2. The van der Waals surface area contributed by atoms with Gasteiger partial charge in [0.2, 0.25) is 0 Å². The Morgan fingerprint density at radius 1 is 1.11 bits per heavy atom. The number of likely N-dealkylation sites (tertiary alicyclic amines) is 1. The number of nitrogens with one attached hydrogen (secondary N) is 1. The molecule has 1 N–H and O–H groups in total. The maximum Gasteiger partial charge on any atom is 0.259 e. The lowest BCUT2D eigenvalue weighted by molar-refractivity contribution is 0.0717. The Bertz CT molecular complexity index is 1630. The Hall–Kier alpha value is -4.11. The van der Waals surface area contributed by atoms with Crippen LogP contribution in [0.15, 0.2) is 71.4 Å². The van der Waals surface area contributed by atoms with Crippen LogP contribution in [0.5, 0.6) is 0 Å². The predicted molar refractivity (Wildman–Crippen MR) is 151 cm³/mol. The van der Waals surface area contributed by atoms with Crippen LogP contribution in [0.3, 0.4) is 0 Å². The first kappa shape index (κ1) is 24.2. The molecule has 0 bridgehead atoms. The van der Waals surface area contributed by atoms with Gasteiger partial charge in [-0.1, -0.05) is 65.3 Å². The van der Waals surface area contributed by atoms with Gasteiger partial charge in [-0.3, -0.25) is 4.79 Å². The largest absolute Gasteiger partial charge is 0.367 e. The zero-order valence-electron chi connectivity index (χ0n) is 21.2. The number of amides is 1. The van der Waals surface area contributed by atoms with E-state index in [-0.39, 0.29) is 11.9 Å². The lowest BCUT2D eigenvalue weighted by Crippen LogP contribution is -2.42. The monoisotopic (exact) mass is 524 g/mol. The molecule has 38 heavy (non-hydrogen) atoms. The summed E-state index contributed by atoms with van der Waals surface area (Å²) in [7, 11) is 2.00. The van der Waals surface area contributed by atoms with Gasteiger partial charge in [-0.25, -0.2) is 4.98 Å². The zero-order valence-corrected chi connectivity index (χ0v) is 21.9. The van der Waals surface area contributed by atoms with Crippen molar-refractivity contribution in [2.75, 3.05) is 18.4 Å². The number of fused-ring (bicyclic) bond motifs is 1. The number of hydrogen-bond acceptors (Lipinski definition) is 6. The molecule has 6 rings (SSSR count). The minimum atomic E-state index is -0.0453. The normalized spacial score (nSPS) is 14.2. The van der Waals surface area contributed by atoms with E-state index in [9.17, 15) is 4.79 Å². The first-order valence-electron chi connectivity index (χ1n) is 12.7. The van der Waals surface area contributed by atoms with Gasteiger partial charge in [0.1, 0.15) is 30.7 Å². The summed E-state index contributed by atoms with van der Waals surface area (Å²) in [4.78, 5) is 20.2. The molecular formula is C28H26BClN6O2. The fraction of sp³-hybridized carbons (Fsp3) is 0.214. The standard InChI is InChI=1S/C28H26BClN6O2/c1-17-25(26(34-38-17)18-7-3-2-4-8-18)28(37)35-13-11-19(12-14-35)32-24-15-23(20-9-5-6-10-22(20)30)33-27-21(29)16-31-36(24)27/h2-10,15-16,19,32H,11-14,29H2,1H3. The van der Waals surface area contributed by atoms with E-state index in [1.807, 2.05) is 84.1 Å². The van der Waals surface area contributed by atoms with E-state index in [1.54, 1.807) is 6.92 Å². The van der Waals surface area contributed by atoms with Crippen molar-refractivity contribution in [3.63, 3.8) is 0 Å². The number of carbonyl (C=O) groups is 1. The number of halogens is 1. The number of hydrogen-bond donors (Lipinski definition) is 1. The Balaban J connectivity index is 1.21. The minimum absolute atomic E-state index is 0.0453. The van der Waals surface area contributed by atoms with Crippen LogP contribution in [0, 0.1) is 6.92 Å². The third kappa shape index (κ3) is 4.43. The van der Waals surface area contributed by atoms with Gasteiger partial charge in [-0.15, -0.1) is 0 Å². The summed E-state index contributed by atoms with van der Waals surface area (Å²) in [5, 5.41) is 13.0. The van der Waals surface area contributed by atoms with E-state index in [1.165, 1.54) is 0 Å². The summed E-state index contributed by atoms with van der Waals surface area (Å²) in [5.74, 6) is 1.34. The van der Waals surface area contributed by atoms with Crippen LogP contribution < -0.4 is 10.8 Å². The molecule has 5 aromatic rings. The van der Waals surface area contributed by atoms with Crippen molar-refractivity contribution < 1.29 is 9.32 Å². The highest BCUT2D eigenvalue weighted by atomic mass is 35.5. The van der Waals surface area contributed by atoms with Crippen LogP contribution in [0.2, 0.25) is 5.02 Å². The summed E-state index contributed by atoms with van der Waals surface area (Å²) in [5.41, 5.74) is 5.44. The molecule has 190 valence electrons. The molecule has 2 aromatic carbocycles. The van der Waals surface area contributed by atoms with Gasteiger partial charge in [0.05, 0.1) is 5.69 Å². The third-order valence-corrected chi connectivity index (χ3v) is 7.39. The summed E-state index contributed by atoms with van der Waals surface area (Å²) < 4.78 is 7.26. The van der Waals surface area contributed by atoms with Crippen molar-refractivity contribution in [3.05, 3.63) is 83.2 Å². The molecule has 0 saturated carbocycles. The molecule has 0 atom stereocenters. The van der Waals surface area contributed by atoms with E-state index < -0.39 is 0 Å². The number of carbonyl (C=O) groups excluding carboxylic acids is 1. The first-order chi connectivity index (χ1) is 18.5. The van der Waals surface area contributed by atoms with Gasteiger partial charge in [0.15, 0.2) is 5.65 Å². The molecule has 0 radical (unpaired) electrons. The van der Waals surface area contributed by atoms with Crippen LogP contribution in [-0.4, -0.2) is 57.5 Å². The minimum Gasteiger partial charge on any atom is -0.367 e. The van der Waals surface area contributed by atoms with Crippen molar-refractivity contribution in [2.24, 2.45) is 0 Å². The lowest BCUT2D eigenvalue weighted by atomic mass is 10.0. The summed E-state index contributed by atoms with van der Waals surface area (Å²) >= 11 is 6.49. The van der Waals surface area contributed by atoms with E-state index in [2.05, 4.69) is 15.6 Å². The molecule has 0 unspecified atom stereocenters. The molecule has 3 aromatic heterocycles. The third-order valence-electron chi connectivity index (χ3n) is 7.06. The number of aryl methyl sites for hydroxylation is 1. The van der Waals surface area contributed by atoms with Crippen molar-refractivity contribution in [1.29, 1.82) is 0 Å². The fourth-order valence-corrected chi connectivity index (χ4v) is 5.23. The molecular weight excluding hydrogens is 499 g/mol. The molecule has 10 heteroatoms. The highest BCUT2D eigenvalue weighted by Crippen LogP contribution is 2.30. The van der Waals surface area contributed by atoms with Crippen LogP contribution in [0.4, 0.5) is 5.82 Å².